The molecule has 0 radical (unpaired) electrons. The van der Waals surface area contributed by atoms with E-state index < -0.39 is 5.60 Å². The van der Waals surface area contributed by atoms with Gasteiger partial charge in [0.05, 0.1) is 18.3 Å². The van der Waals surface area contributed by atoms with Crippen LogP contribution in [-0.4, -0.2) is 18.7 Å². The van der Waals surface area contributed by atoms with Gasteiger partial charge in [-0.25, -0.2) is 4.79 Å². The number of esters is 1. The number of rotatable bonds is 3. The van der Waals surface area contributed by atoms with Gasteiger partial charge >= 0.3 is 5.97 Å². The predicted molar refractivity (Wildman–Crippen MR) is 88.4 cm³/mol. The van der Waals surface area contributed by atoms with E-state index in [1.807, 2.05) is 30.3 Å². The van der Waals surface area contributed by atoms with E-state index in [9.17, 15) is 4.79 Å². The SMILES string of the molecule is COC1=CC(C)C2(C3=CCCC3)OC(=O)C(c3ccccc3)=C12. The number of benzene rings is 1. The molecule has 0 aromatic heterocycles. The van der Waals surface area contributed by atoms with E-state index in [4.69, 9.17) is 9.47 Å². The van der Waals surface area contributed by atoms with Crippen molar-refractivity contribution < 1.29 is 14.3 Å². The largest absolute Gasteiger partial charge is 0.497 e. The van der Waals surface area contributed by atoms with E-state index in [2.05, 4.69) is 19.1 Å². The van der Waals surface area contributed by atoms with Crippen molar-refractivity contribution in [1.29, 1.82) is 0 Å². The highest BCUT2D eigenvalue weighted by atomic mass is 16.6. The molecule has 3 aliphatic rings. The lowest BCUT2D eigenvalue weighted by molar-refractivity contribution is -0.144. The Morgan fingerprint density at radius 2 is 2.04 bits per heavy atom. The minimum atomic E-state index is -0.663. The van der Waals surface area contributed by atoms with Crippen LogP contribution >= 0.6 is 0 Å². The normalized spacial score (nSPS) is 29.3. The number of ether oxygens (including phenoxy) is 2. The van der Waals surface area contributed by atoms with Crippen LogP contribution in [0.4, 0.5) is 0 Å². The first-order chi connectivity index (χ1) is 11.2. The fourth-order valence-electron chi connectivity index (χ4n) is 4.15. The van der Waals surface area contributed by atoms with Crippen LogP contribution in [0.2, 0.25) is 0 Å². The Morgan fingerprint density at radius 3 is 2.70 bits per heavy atom. The molecule has 4 rings (SSSR count). The average Bonchev–Trinajstić information content (AvgIpc) is 3.24. The van der Waals surface area contributed by atoms with Crippen LogP contribution in [0.1, 0.15) is 31.7 Å². The Kier molecular flexibility index (Phi) is 3.19. The zero-order valence-electron chi connectivity index (χ0n) is 13.5. The lowest BCUT2D eigenvalue weighted by Gasteiger charge is -2.32. The number of allylic oxidation sites excluding steroid dienone is 1. The first-order valence-electron chi connectivity index (χ1n) is 8.17. The van der Waals surface area contributed by atoms with E-state index in [0.717, 1.165) is 36.2 Å². The van der Waals surface area contributed by atoms with Crippen LogP contribution in [-0.2, 0) is 14.3 Å². The molecule has 2 atom stereocenters. The van der Waals surface area contributed by atoms with Gasteiger partial charge < -0.3 is 9.47 Å². The quantitative estimate of drug-likeness (QED) is 0.625. The Bertz CT molecular complexity index is 754. The minimum absolute atomic E-state index is 0.0852. The van der Waals surface area contributed by atoms with Crippen molar-refractivity contribution in [3.8, 4) is 0 Å². The average molecular weight is 308 g/mol. The van der Waals surface area contributed by atoms with Crippen molar-refractivity contribution >= 4 is 11.5 Å². The first-order valence-corrected chi connectivity index (χ1v) is 8.17. The lowest BCUT2D eigenvalue weighted by atomic mass is 9.79. The molecule has 1 aromatic carbocycles. The van der Waals surface area contributed by atoms with Crippen LogP contribution < -0.4 is 0 Å². The van der Waals surface area contributed by atoms with Gasteiger partial charge in [-0.15, -0.1) is 0 Å². The second kappa shape index (κ2) is 5.12. The summed E-state index contributed by atoms with van der Waals surface area (Å²) in [4.78, 5) is 12.8. The summed E-state index contributed by atoms with van der Waals surface area (Å²) in [7, 11) is 1.66. The van der Waals surface area contributed by atoms with Gasteiger partial charge in [0.1, 0.15) is 5.76 Å². The number of hydrogen-bond acceptors (Lipinski definition) is 3. The summed E-state index contributed by atoms with van der Waals surface area (Å²) in [6.45, 7) is 2.10. The molecule has 118 valence electrons. The molecular formula is C20H20O3. The molecule has 1 aliphatic heterocycles. The molecule has 0 bridgehead atoms. The molecule has 2 unspecified atom stereocenters. The van der Waals surface area contributed by atoms with Gasteiger partial charge in [0.25, 0.3) is 0 Å². The van der Waals surface area contributed by atoms with Gasteiger partial charge in [-0.3, -0.25) is 0 Å². The third kappa shape index (κ3) is 1.86. The molecule has 0 amide bonds. The molecule has 1 heterocycles. The highest BCUT2D eigenvalue weighted by Gasteiger charge is 2.58. The summed E-state index contributed by atoms with van der Waals surface area (Å²) in [6, 6.07) is 9.75. The monoisotopic (exact) mass is 308 g/mol. The Labute approximate surface area is 136 Å². The first kappa shape index (κ1) is 14.3. The summed E-state index contributed by atoms with van der Waals surface area (Å²) < 4.78 is 11.7. The van der Waals surface area contributed by atoms with Crippen LogP contribution in [0.3, 0.4) is 0 Å². The molecular weight excluding hydrogens is 288 g/mol. The van der Waals surface area contributed by atoms with E-state index in [1.165, 1.54) is 5.57 Å². The second-order valence-corrected chi connectivity index (χ2v) is 6.39. The van der Waals surface area contributed by atoms with E-state index in [1.54, 1.807) is 7.11 Å². The highest BCUT2D eigenvalue weighted by molar-refractivity contribution is 6.21. The van der Waals surface area contributed by atoms with Crippen molar-refractivity contribution in [3.05, 3.63) is 65.0 Å². The molecule has 1 aromatic rings. The molecule has 2 aliphatic carbocycles. The molecule has 0 N–H and O–H groups in total. The fourth-order valence-corrected chi connectivity index (χ4v) is 4.15. The van der Waals surface area contributed by atoms with E-state index in [0.29, 0.717) is 5.57 Å². The molecule has 0 saturated carbocycles. The number of methoxy groups -OCH3 is 1. The van der Waals surface area contributed by atoms with Gasteiger partial charge in [-0.05, 0) is 36.5 Å². The van der Waals surface area contributed by atoms with Gasteiger partial charge in [-0.1, -0.05) is 43.3 Å². The van der Waals surface area contributed by atoms with Gasteiger partial charge in [0.2, 0.25) is 0 Å². The second-order valence-electron chi connectivity index (χ2n) is 6.39. The maximum atomic E-state index is 12.8. The predicted octanol–water partition coefficient (Wildman–Crippen LogP) is 4.03. The molecule has 3 heteroatoms. The Morgan fingerprint density at radius 1 is 1.26 bits per heavy atom. The summed E-state index contributed by atoms with van der Waals surface area (Å²) in [6.07, 6.45) is 7.48. The Balaban J connectivity index is 1.97. The summed E-state index contributed by atoms with van der Waals surface area (Å²) in [5.41, 5.74) is 3.02. The molecule has 23 heavy (non-hydrogen) atoms. The number of carbonyl (C=O) groups is 1. The maximum absolute atomic E-state index is 12.8. The third-order valence-corrected chi connectivity index (χ3v) is 5.17. The van der Waals surface area contributed by atoms with E-state index >= 15 is 0 Å². The number of carbonyl (C=O) groups excluding carboxylic acids is 1. The third-order valence-electron chi connectivity index (χ3n) is 5.17. The molecule has 0 spiro atoms. The van der Waals surface area contributed by atoms with Gasteiger partial charge in [-0.2, -0.15) is 0 Å². The number of fused-ring (bicyclic) bond motifs is 1. The van der Waals surface area contributed by atoms with Crippen LogP contribution in [0.25, 0.3) is 5.57 Å². The molecule has 0 fully saturated rings. The zero-order valence-corrected chi connectivity index (χ0v) is 13.5. The van der Waals surface area contributed by atoms with Gasteiger partial charge in [0.15, 0.2) is 5.60 Å². The topological polar surface area (TPSA) is 35.5 Å². The van der Waals surface area contributed by atoms with Crippen molar-refractivity contribution in [3.63, 3.8) is 0 Å². The lowest BCUT2D eigenvalue weighted by Crippen LogP contribution is -2.37. The summed E-state index contributed by atoms with van der Waals surface area (Å²) >= 11 is 0. The summed E-state index contributed by atoms with van der Waals surface area (Å²) in [5.74, 6) is 0.616. The van der Waals surface area contributed by atoms with Crippen LogP contribution in [0.15, 0.2) is 59.4 Å². The number of hydrogen-bond donors (Lipinski definition) is 0. The standard InChI is InChI=1S/C20H20O3/c1-13-12-16(22-2)18-17(14-8-4-3-5-9-14)19(21)23-20(13,18)15-10-6-7-11-15/h3-5,8-10,12-13H,6-7,11H2,1-2H3. The van der Waals surface area contributed by atoms with Crippen molar-refractivity contribution in [2.45, 2.75) is 31.8 Å². The zero-order chi connectivity index (χ0) is 16.0. The van der Waals surface area contributed by atoms with Crippen LogP contribution in [0.5, 0.6) is 0 Å². The Hall–Kier alpha value is -2.29. The van der Waals surface area contributed by atoms with Crippen molar-refractivity contribution in [1.82, 2.24) is 0 Å². The molecule has 3 nitrogen and oxygen atoms in total. The maximum Gasteiger partial charge on any atom is 0.340 e. The van der Waals surface area contributed by atoms with E-state index in [-0.39, 0.29) is 11.9 Å². The minimum Gasteiger partial charge on any atom is -0.497 e. The van der Waals surface area contributed by atoms with Crippen molar-refractivity contribution in [2.24, 2.45) is 5.92 Å². The van der Waals surface area contributed by atoms with Crippen molar-refractivity contribution in [2.75, 3.05) is 7.11 Å². The molecule has 0 saturated heterocycles. The highest BCUT2D eigenvalue weighted by Crippen LogP contribution is 2.56. The van der Waals surface area contributed by atoms with Crippen LogP contribution in [0, 0.1) is 5.92 Å². The smallest absolute Gasteiger partial charge is 0.340 e. The fraction of sp³-hybridized carbons (Fsp3) is 0.350. The summed E-state index contributed by atoms with van der Waals surface area (Å²) in [5, 5.41) is 0. The van der Waals surface area contributed by atoms with Gasteiger partial charge in [0, 0.05) is 5.92 Å².